The van der Waals surface area contributed by atoms with Gasteiger partial charge in [-0.15, -0.1) is 0 Å². The fourth-order valence-electron chi connectivity index (χ4n) is 1.81. The maximum absolute atomic E-state index is 11.7. The van der Waals surface area contributed by atoms with Gasteiger partial charge in [0.05, 0.1) is 0 Å². The number of piperazine rings is 1. The molecular weight excluding hydrogens is 196 g/mol. The van der Waals surface area contributed by atoms with E-state index in [0.717, 1.165) is 12.8 Å². The van der Waals surface area contributed by atoms with Crippen molar-refractivity contribution in [1.82, 2.24) is 15.2 Å². The molecule has 0 aromatic carbocycles. The Hall–Kier alpha value is -1.30. The number of carbonyl (C=O) groups is 2. The highest BCUT2D eigenvalue weighted by Gasteiger charge is 2.34. The molecule has 0 bridgehead atoms. The number of hydrogen-bond donors (Lipinski definition) is 2. The van der Waals surface area contributed by atoms with E-state index in [1.54, 1.807) is 4.90 Å². The molecule has 1 saturated carbocycles. The van der Waals surface area contributed by atoms with Gasteiger partial charge in [-0.25, -0.2) is 10.6 Å². The van der Waals surface area contributed by atoms with Gasteiger partial charge in [0, 0.05) is 32.1 Å². The number of rotatable bonds is 1. The minimum Gasteiger partial charge on any atom is -0.339 e. The van der Waals surface area contributed by atoms with Crippen molar-refractivity contribution >= 4 is 11.9 Å². The van der Waals surface area contributed by atoms with Crippen LogP contribution in [0.2, 0.25) is 0 Å². The van der Waals surface area contributed by atoms with Crippen LogP contribution in [0, 0.1) is 5.92 Å². The highest BCUT2D eigenvalue weighted by molar-refractivity contribution is 5.81. The fourth-order valence-corrected chi connectivity index (χ4v) is 1.81. The molecule has 2 fully saturated rings. The van der Waals surface area contributed by atoms with Crippen molar-refractivity contribution in [1.29, 1.82) is 0 Å². The molecule has 0 aromatic rings. The van der Waals surface area contributed by atoms with Gasteiger partial charge in [-0.1, -0.05) is 0 Å². The first-order valence-electron chi connectivity index (χ1n) is 5.26. The Balaban J connectivity index is 1.81. The van der Waals surface area contributed by atoms with Crippen molar-refractivity contribution in [3.63, 3.8) is 0 Å². The summed E-state index contributed by atoms with van der Waals surface area (Å²) in [5.41, 5.74) is 2.10. The molecule has 1 aliphatic heterocycles. The molecule has 0 unspecified atom stereocenters. The second-order valence-electron chi connectivity index (χ2n) is 4.04. The zero-order valence-electron chi connectivity index (χ0n) is 8.61. The molecule has 2 aliphatic rings. The van der Waals surface area contributed by atoms with Gasteiger partial charge in [-0.05, 0) is 12.8 Å². The first-order chi connectivity index (χ1) is 7.22. The van der Waals surface area contributed by atoms with E-state index in [1.807, 2.05) is 4.90 Å². The first-order valence-corrected chi connectivity index (χ1v) is 5.26. The molecule has 1 aliphatic carbocycles. The molecule has 1 saturated heterocycles. The lowest BCUT2D eigenvalue weighted by Crippen LogP contribution is -2.54. The average molecular weight is 212 g/mol. The number of hydrazine groups is 1. The van der Waals surface area contributed by atoms with Crippen LogP contribution in [0.3, 0.4) is 0 Å². The third kappa shape index (κ3) is 2.20. The lowest BCUT2D eigenvalue weighted by Gasteiger charge is -2.34. The molecule has 0 atom stereocenters. The monoisotopic (exact) mass is 212 g/mol. The number of nitrogens with one attached hydrogen (secondary N) is 1. The molecule has 0 aromatic heterocycles. The van der Waals surface area contributed by atoms with Gasteiger partial charge in [0.2, 0.25) is 5.91 Å². The minimum atomic E-state index is -0.270. The number of nitrogens with two attached hydrogens (primary N) is 1. The van der Waals surface area contributed by atoms with Gasteiger partial charge in [0.15, 0.2) is 0 Å². The lowest BCUT2D eigenvalue weighted by atomic mass is 10.3. The van der Waals surface area contributed by atoms with Crippen LogP contribution in [-0.4, -0.2) is 47.9 Å². The Kier molecular flexibility index (Phi) is 2.77. The van der Waals surface area contributed by atoms with E-state index in [1.165, 1.54) is 0 Å². The van der Waals surface area contributed by atoms with Crippen molar-refractivity contribution < 1.29 is 9.59 Å². The van der Waals surface area contributed by atoms with Crippen molar-refractivity contribution in [2.24, 2.45) is 11.8 Å². The molecule has 6 heteroatoms. The Morgan fingerprint density at radius 1 is 1.07 bits per heavy atom. The average Bonchev–Trinajstić information content (AvgIpc) is 3.11. The summed E-state index contributed by atoms with van der Waals surface area (Å²) in [5, 5.41) is 0. The lowest BCUT2D eigenvalue weighted by molar-refractivity contribution is -0.133. The summed E-state index contributed by atoms with van der Waals surface area (Å²) in [6, 6.07) is -0.270. The Labute approximate surface area is 88.3 Å². The van der Waals surface area contributed by atoms with Crippen LogP contribution in [-0.2, 0) is 4.79 Å². The van der Waals surface area contributed by atoms with Crippen molar-refractivity contribution in [2.45, 2.75) is 12.8 Å². The predicted molar refractivity (Wildman–Crippen MR) is 53.6 cm³/mol. The summed E-state index contributed by atoms with van der Waals surface area (Å²) in [6.45, 7) is 2.40. The van der Waals surface area contributed by atoms with Crippen molar-refractivity contribution in [3.8, 4) is 0 Å². The van der Waals surface area contributed by atoms with E-state index < -0.39 is 0 Å². The largest absolute Gasteiger partial charge is 0.339 e. The van der Waals surface area contributed by atoms with E-state index in [4.69, 9.17) is 5.84 Å². The summed E-state index contributed by atoms with van der Waals surface area (Å²) in [4.78, 5) is 26.3. The molecule has 0 spiro atoms. The Bertz CT molecular complexity index is 269. The van der Waals surface area contributed by atoms with Crippen LogP contribution in [0.15, 0.2) is 0 Å². The normalized spacial score (nSPS) is 21.4. The number of carbonyl (C=O) groups excluding carboxylic acids is 2. The first kappa shape index (κ1) is 10.2. The van der Waals surface area contributed by atoms with Gasteiger partial charge in [0.25, 0.3) is 0 Å². The van der Waals surface area contributed by atoms with E-state index in [0.29, 0.717) is 26.2 Å². The highest BCUT2D eigenvalue weighted by Crippen LogP contribution is 2.31. The van der Waals surface area contributed by atoms with Crippen LogP contribution in [0.25, 0.3) is 0 Å². The van der Waals surface area contributed by atoms with E-state index in [2.05, 4.69) is 5.43 Å². The van der Waals surface area contributed by atoms with E-state index in [-0.39, 0.29) is 17.9 Å². The SMILES string of the molecule is NNC(=O)N1CCN(C(=O)C2CC2)CC1. The summed E-state index contributed by atoms with van der Waals surface area (Å²) in [6.07, 6.45) is 2.06. The Morgan fingerprint density at radius 2 is 1.60 bits per heavy atom. The smallest absolute Gasteiger partial charge is 0.331 e. The van der Waals surface area contributed by atoms with Crippen LogP contribution in [0.5, 0.6) is 0 Å². The van der Waals surface area contributed by atoms with Gasteiger partial charge < -0.3 is 9.80 Å². The summed E-state index contributed by atoms with van der Waals surface area (Å²) in [7, 11) is 0. The van der Waals surface area contributed by atoms with Crippen LogP contribution in [0.1, 0.15) is 12.8 Å². The van der Waals surface area contributed by atoms with Crippen LogP contribution >= 0.6 is 0 Å². The van der Waals surface area contributed by atoms with Crippen molar-refractivity contribution in [3.05, 3.63) is 0 Å². The molecule has 15 heavy (non-hydrogen) atoms. The zero-order chi connectivity index (χ0) is 10.8. The highest BCUT2D eigenvalue weighted by atomic mass is 16.2. The summed E-state index contributed by atoms with van der Waals surface area (Å²) in [5.74, 6) is 5.55. The van der Waals surface area contributed by atoms with Crippen LogP contribution in [0.4, 0.5) is 4.79 Å². The van der Waals surface area contributed by atoms with Gasteiger partial charge in [-0.3, -0.25) is 10.2 Å². The quantitative estimate of drug-likeness (QED) is 0.337. The Morgan fingerprint density at radius 3 is 2.07 bits per heavy atom. The molecule has 3 amide bonds. The molecular formula is C9H16N4O2. The summed E-state index contributed by atoms with van der Waals surface area (Å²) < 4.78 is 0. The molecule has 2 rings (SSSR count). The molecule has 6 nitrogen and oxygen atoms in total. The molecule has 1 heterocycles. The summed E-state index contributed by atoms with van der Waals surface area (Å²) >= 11 is 0. The predicted octanol–water partition coefficient (Wildman–Crippen LogP) is -0.876. The molecule has 3 N–H and O–H groups in total. The topological polar surface area (TPSA) is 78.7 Å². The third-order valence-electron chi connectivity index (χ3n) is 2.93. The third-order valence-corrected chi connectivity index (χ3v) is 2.93. The maximum atomic E-state index is 11.7. The number of urea groups is 1. The minimum absolute atomic E-state index is 0.253. The van der Waals surface area contributed by atoms with Gasteiger partial charge in [0.1, 0.15) is 0 Å². The van der Waals surface area contributed by atoms with Gasteiger partial charge in [-0.2, -0.15) is 0 Å². The van der Waals surface area contributed by atoms with E-state index in [9.17, 15) is 9.59 Å². The fraction of sp³-hybridized carbons (Fsp3) is 0.778. The van der Waals surface area contributed by atoms with Crippen LogP contribution < -0.4 is 11.3 Å². The number of hydrogen-bond acceptors (Lipinski definition) is 3. The molecule has 0 radical (unpaired) electrons. The zero-order valence-corrected chi connectivity index (χ0v) is 8.61. The second kappa shape index (κ2) is 4.06. The second-order valence-corrected chi connectivity index (χ2v) is 4.04. The standard InChI is InChI=1S/C9H16N4O2/c10-11-9(15)13-5-3-12(4-6-13)8(14)7-1-2-7/h7H,1-6,10H2,(H,11,15). The maximum Gasteiger partial charge on any atom is 0.331 e. The number of amides is 3. The van der Waals surface area contributed by atoms with E-state index >= 15 is 0 Å². The van der Waals surface area contributed by atoms with Crippen molar-refractivity contribution in [2.75, 3.05) is 26.2 Å². The number of nitrogens with zero attached hydrogens (tertiary/aromatic N) is 2. The molecule has 84 valence electrons. The van der Waals surface area contributed by atoms with Gasteiger partial charge >= 0.3 is 6.03 Å².